The number of furan rings is 1. The molecule has 1 aromatic heterocycles. The lowest BCUT2D eigenvalue weighted by Gasteiger charge is -2.27. The zero-order chi connectivity index (χ0) is 33.6. The van der Waals surface area contributed by atoms with Gasteiger partial charge in [0.15, 0.2) is 0 Å². The van der Waals surface area contributed by atoms with E-state index in [-0.39, 0.29) is 0 Å². The molecule has 0 bridgehead atoms. The van der Waals surface area contributed by atoms with Crippen molar-refractivity contribution in [1.82, 2.24) is 0 Å². The molecule has 240 valence electrons. The molecule has 9 aromatic rings. The fourth-order valence-corrected chi connectivity index (χ4v) is 7.81. The molecule has 50 heavy (non-hydrogen) atoms. The molecule has 0 atom stereocenters. The van der Waals surface area contributed by atoms with Crippen molar-refractivity contribution in [1.29, 1.82) is 0 Å². The number of hydrogen-bond donors (Lipinski definition) is 0. The quantitative estimate of drug-likeness (QED) is 0.158. The Balaban J connectivity index is 1.28. The number of nitrogens with zero attached hydrogens (tertiary/aromatic N) is 2. The third-order valence-corrected chi connectivity index (χ3v) is 10.3. The van der Waals surface area contributed by atoms with Crippen LogP contribution in [0.1, 0.15) is 5.56 Å². The Morgan fingerprint density at radius 1 is 0.440 bits per heavy atom. The lowest BCUT2D eigenvalue weighted by molar-refractivity contribution is 0.673. The van der Waals surface area contributed by atoms with Crippen LogP contribution in [0.3, 0.4) is 0 Å². The first-order chi connectivity index (χ1) is 24.7. The van der Waals surface area contributed by atoms with E-state index in [4.69, 9.17) is 4.42 Å². The molecule has 0 radical (unpaired) electrons. The molecule has 0 unspecified atom stereocenters. The van der Waals surface area contributed by atoms with Gasteiger partial charge in [-0.3, -0.25) is 0 Å². The second-order valence-electron chi connectivity index (χ2n) is 12.6. The molecule has 0 N–H and O–H groups in total. The Morgan fingerprint density at radius 3 is 1.72 bits per heavy atom. The van der Waals surface area contributed by atoms with Gasteiger partial charge in [0.2, 0.25) is 0 Å². The maximum absolute atomic E-state index is 6.83. The molecule has 0 amide bonds. The van der Waals surface area contributed by atoms with Crippen molar-refractivity contribution < 1.29 is 4.42 Å². The number of fused-ring (bicyclic) bond motifs is 7. The van der Waals surface area contributed by atoms with Crippen LogP contribution in [-0.2, 0) is 0 Å². The maximum atomic E-state index is 6.83. The molecule has 4 heteroatoms. The lowest BCUT2D eigenvalue weighted by atomic mass is 9.97. The first-order valence-electron chi connectivity index (χ1n) is 16.9. The van der Waals surface area contributed by atoms with Crippen molar-refractivity contribution in [3.05, 3.63) is 175 Å². The summed E-state index contributed by atoms with van der Waals surface area (Å²) in [6, 6.07) is 60.6. The van der Waals surface area contributed by atoms with Crippen LogP contribution in [0.2, 0.25) is 0 Å². The van der Waals surface area contributed by atoms with Gasteiger partial charge in [-0.25, -0.2) is 0 Å². The van der Waals surface area contributed by atoms with Gasteiger partial charge in [0.1, 0.15) is 11.2 Å². The van der Waals surface area contributed by atoms with Crippen LogP contribution in [0.5, 0.6) is 0 Å². The molecule has 0 aliphatic rings. The van der Waals surface area contributed by atoms with E-state index < -0.39 is 0 Å². The van der Waals surface area contributed by atoms with Crippen molar-refractivity contribution in [3.63, 3.8) is 0 Å². The van der Waals surface area contributed by atoms with Gasteiger partial charge in [0, 0.05) is 54.9 Å². The number of aryl methyl sites for hydroxylation is 1. The third kappa shape index (κ3) is 5.08. The molecular weight excluding hydrogens is 629 g/mol. The summed E-state index contributed by atoms with van der Waals surface area (Å²) in [6.45, 7) is 2.21. The first kappa shape index (κ1) is 30.1. The van der Waals surface area contributed by atoms with Gasteiger partial charge in [-0.2, -0.15) is 0 Å². The van der Waals surface area contributed by atoms with Crippen LogP contribution in [0.4, 0.5) is 34.1 Å². The number of rotatable bonds is 7. The summed E-state index contributed by atoms with van der Waals surface area (Å²) in [4.78, 5) is 5.91. The maximum Gasteiger partial charge on any atom is 0.143 e. The van der Waals surface area contributed by atoms with E-state index in [1.807, 2.05) is 0 Å². The number of thioether (sulfide) groups is 1. The number of anilines is 6. The van der Waals surface area contributed by atoms with Gasteiger partial charge >= 0.3 is 0 Å². The molecule has 1 heterocycles. The smallest absolute Gasteiger partial charge is 0.143 e. The van der Waals surface area contributed by atoms with Crippen molar-refractivity contribution in [2.24, 2.45) is 0 Å². The summed E-state index contributed by atoms with van der Waals surface area (Å²) in [5.41, 5.74) is 9.71. The van der Waals surface area contributed by atoms with E-state index >= 15 is 0 Å². The molecule has 8 aromatic carbocycles. The third-order valence-electron chi connectivity index (χ3n) is 9.61. The minimum Gasteiger partial charge on any atom is -0.455 e. The van der Waals surface area contributed by atoms with E-state index in [0.717, 1.165) is 66.8 Å². The van der Waals surface area contributed by atoms with Crippen LogP contribution >= 0.6 is 11.8 Å². The highest BCUT2D eigenvalue weighted by atomic mass is 32.2. The van der Waals surface area contributed by atoms with E-state index in [1.165, 1.54) is 21.2 Å². The molecule has 0 aliphatic heterocycles. The highest BCUT2D eigenvalue weighted by Crippen LogP contribution is 2.45. The lowest BCUT2D eigenvalue weighted by Crippen LogP contribution is -2.10. The van der Waals surface area contributed by atoms with Crippen LogP contribution in [0.25, 0.3) is 43.5 Å². The van der Waals surface area contributed by atoms with E-state index in [1.54, 1.807) is 11.8 Å². The highest BCUT2D eigenvalue weighted by Gasteiger charge is 2.21. The van der Waals surface area contributed by atoms with Crippen LogP contribution in [0, 0.1) is 6.92 Å². The first-order valence-corrected chi connectivity index (χ1v) is 18.1. The van der Waals surface area contributed by atoms with Crippen molar-refractivity contribution in [2.45, 2.75) is 11.8 Å². The molecule has 0 aliphatic carbocycles. The topological polar surface area (TPSA) is 19.6 Å². The Labute approximate surface area is 296 Å². The number of para-hydroxylation sites is 3. The van der Waals surface area contributed by atoms with Crippen molar-refractivity contribution >= 4 is 89.4 Å². The molecule has 0 saturated carbocycles. The minimum absolute atomic E-state index is 0.889. The molecule has 0 fully saturated rings. The van der Waals surface area contributed by atoms with Crippen molar-refractivity contribution in [2.75, 3.05) is 16.1 Å². The van der Waals surface area contributed by atoms with E-state index in [9.17, 15) is 0 Å². The predicted octanol–water partition coefficient (Wildman–Crippen LogP) is 13.9. The molecular formula is C46H34N2OS. The Morgan fingerprint density at radius 2 is 1.04 bits per heavy atom. The van der Waals surface area contributed by atoms with Gasteiger partial charge in [-0.05, 0) is 114 Å². The zero-order valence-electron chi connectivity index (χ0n) is 27.9. The van der Waals surface area contributed by atoms with E-state index in [2.05, 4.69) is 193 Å². The monoisotopic (exact) mass is 662 g/mol. The summed E-state index contributed by atoms with van der Waals surface area (Å²) in [6.07, 6.45) is 2.12. The summed E-state index contributed by atoms with van der Waals surface area (Å²) < 4.78 is 6.83. The summed E-state index contributed by atoms with van der Waals surface area (Å²) >= 11 is 1.76. The normalized spacial score (nSPS) is 11.5. The van der Waals surface area contributed by atoms with Gasteiger partial charge in [-0.15, -0.1) is 11.8 Å². The number of benzene rings is 8. The van der Waals surface area contributed by atoms with Gasteiger partial charge in [0.05, 0.1) is 5.69 Å². The largest absolute Gasteiger partial charge is 0.455 e. The summed E-state index contributed by atoms with van der Waals surface area (Å²) in [5, 5.41) is 6.90. The van der Waals surface area contributed by atoms with Crippen molar-refractivity contribution in [3.8, 4) is 0 Å². The Bertz CT molecular complexity index is 2610. The SMILES string of the molecule is CSc1cccc(N(c2ccccc2)c2cccc3c2ccc2c3oc3ccc4c(C)cc(N(c5ccccc5)c5ccccc5)cc4c32)c1. The molecule has 0 saturated heterocycles. The fraction of sp³-hybridized carbons (Fsp3) is 0.0435. The molecule has 0 spiro atoms. The van der Waals surface area contributed by atoms with Crippen LogP contribution in [0.15, 0.2) is 179 Å². The Kier molecular flexibility index (Phi) is 7.52. The summed E-state index contributed by atoms with van der Waals surface area (Å²) in [5.74, 6) is 0. The second-order valence-corrected chi connectivity index (χ2v) is 13.5. The van der Waals surface area contributed by atoms with Crippen LogP contribution < -0.4 is 9.80 Å². The Hall–Kier alpha value is -5.97. The standard InChI is InChI=1S/C46H34N2OS/c1-31-28-36(47(32-14-6-3-7-15-32)33-16-8-4-9-17-33)30-42-38(31)26-27-44-45(42)41-25-24-39-40(46(41)49-44)22-13-23-43(39)48(34-18-10-5-11-19-34)35-20-12-21-37(29-35)50-2/h3-30H,1-2H3. The minimum atomic E-state index is 0.889. The predicted molar refractivity (Wildman–Crippen MR) is 215 cm³/mol. The van der Waals surface area contributed by atoms with Crippen LogP contribution in [-0.4, -0.2) is 6.26 Å². The average Bonchev–Trinajstić information content (AvgIpc) is 3.57. The van der Waals surface area contributed by atoms with Gasteiger partial charge in [0.25, 0.3) is 0 Å². The van der Waals surface area contributed by atoms with Gasteiger partial charge in [-0.1, -0.05) is 84.9 Å². The number of hydrogen-bond acceptors (Lipinski definition) is 4. The molecule has 9 rings (SSSR count). The average molecular weight is 663 g/mol. The summed E-state index contributed by atoms with van der Waals surface area (Å²) in [7, 11) is 0. The zero-order valence-corrected chi connectivity index (χ0v) is 28.7. The second kappa shape index (κ2) is 12.5. The molecule has 3 nitrogen and oxygen atoms in total. The van der Waals surface area contributed by atoms with Gasteiger partial charge < -0.3 is 14.2 Å². The van der Waals surface area contributed by atoms with E-state index in [0.29, 0.717) is 0 Å². The fourth-order valence-electron chi connectivity index (χ4n) is 7.36. The highest BCUT2D eigenvalue weighted by molar-refractivity contribution is 7.98.